The van der Waals surface area contributed by atoms with Crippen molar-refractivity contribution in [3.05, 3.63) is 58.0 Å². The normalized spacial score (nSPS) is 11.5. The molecule has 3 aromatic rings. The van der Waals surface area contributed by atoms with Crippen molar-refractivity contribution < 1.29 is 22.7 Å². The third-order valence-electron chi connectivity index (χ3n) is 3.21. The monoisotopic (exact) mass is 415 g/mol. The summed E-state index contributed by atoms with van der Waals surface area (Å²) in [5.74, 6) is -0.198. The summed E-state index contributed by atoms with van der Waals surface area (Å²) in [6.07, 6.45) is -3.12. The highest BCUT2D eigenvalue weighted by Gasteiger charge is 2.30. The largest absolute Gasteiger partial charge is 0.573 e. The number of fused-ring (bicyclic) bond motifs is 1. The number of thiazole rings is 1. The standard InChI is InChI=1S/C16H12F3N3O3S2/c17-16(18,19)25-12-3-1-10(2-4-12)20-13(23)9-26-8-11-7-14(24)22-5-6-27-15(22)21-11/h1-7H,8-9H2,(H,20,23). The number of carbonyl (C=O) groups excluding carboxylic acids is 1. The van der Waals surface area contributed by atoms with E-state index >= 15 is 0 Å². The number of rotatable bonds is 6. The van der Waals surface area contributed by atoms with Gasteiger partial charge in [-0.25, -0.2) is 4.98 Å². The molecule has 0 bridgehead atoms. The number of aromatic nitrogens is 2. The Labute approximate surface area is 159 Å². The Hall–Kier alpha value is -2.53. The first-order chi connectivity index (χ1) is 12.8. The minimum atomic E-state index is -4.76. The topological polar surface area (TPSA) is 72.7 Å². The molecule has 142 valence electrons. The van der Waals surface area contributed by atoms with Crippen molar-refractivity contribution in [2.75, 3.05) is 11.1 Å². The Morgan fingerprint density at radius 1 is 1.30 bits per heavy atom. The first-order valence-electron chi connectivity index (χ1n) is 7.49. The maximum atomic E-state index is 12.1. The maximum Gasteiger partial charge on any atom is 0.573 e. The average Bonchev–Trinajstić information content (AvgIpc) is 3.04. The van der Waals surface area contributed by atoms with Crippen LogP contribution in [0.2, 0.25) is 0 Å². The van der Waals surface area contributed by atoms with E-state index < -0.39 is 6.36 Å². The number of anilines is 1. The van der Waals surface area contributed by atoms with E-state index in [1.807, 2.05) is 0 Å². The van der Waals surface area contributed by atoms with Gasteiger partial charge in [-0.15, -0.1) is 36.3 Å². The number of hydrogen-bond acceptors (Lipinski definition) is 6. The van der Waals surface area contributed by atoms with Crippen molar-refractivity contribution in [1.82, 2.24) is 9.38 Å². The van der Waals surface area contributed by atoms with E-state index in [9.17, 15) is 22.8 Å². The summed E-state index contributed by atoms with van der Waals surface area (Å²) in [6.45, 7) is 0. The minimum Gasteiger partial charge on any atom is -0.406 e. The molecule has 0 saturated heterocycles. The van der Waals surface area contributed by atoms with Gasteiger partial charge in [-0.05, 0) is 24.3 Å². The first-order valence-corrected chi connectivity index (χ1v) is 9.53. The number of thioether (sulfide) groups is 1. The fourth-order valence-corrected chi connectivity index (χ4v) is 3.60. The fraction of sp³-hybridized carbons (Fsp3) is 0.188. The van der Waals surface area contributed by atoms with E-state index in [1.165, 1.54) is 45.7 Å². The van der Waals surface area contributed by atoms with Gasteiger partial charge < -0.3 is 10.1 Å². The van der Waals surface area contributed by atoms with Crippen LogP contribution in [-0.2, 0) is 10.5 Å². The van der Waals surface area contributed by atoms with Gasteiger partial charge >= 0.3 is 6.36 Å². The van der Waals surface area contributed by atoms with Gasteiger partial charge in [0.25, 0.3) is 5.56 Å². The molecule has 1 amide bonds. The van der Waals surface area contributed by atoms with Gasteiger partial charge in [0.15, 0.2) is 4.96 Å². The number of benzene rings is 1. The van der Waals surface area contributed by atoms with Gasteiger partial charge in [0.05, 0.1) is 11.4 Å². The third kappa shape index (κ3) is 5.47. The summed E-state index contributed by atoms with van der Waals surface area (Å²) in [5, 5.41) is 4.34. The second kappa shape index (κ2) is 8.01. The van der Waals surface area contributed by atoms with Crippen molar-refractivity contribution >= 4 is 39.7 Å². The van der Waals surface area contributed by atoms with Crippen LogP contribution >= 0.6 is 23.1 Å². The molecule has 1 N–H and O–H groups in total. The van der Waals surface area contributed by atoms with Gasteiger partial charge in [0.2, 0.25) is 5.91 Å². The number of nitrogens with one attached hydrogen (secondary N) is 1. The summed E-state index contributed by atoms with van der Waals surface area (Å²) in [6, 6.07) is 6.28. The number of carbonyl (C=O) groups is 1. The number of halogens is 3. The molecule has 0 fully saturated rings. The van der Waals surface area contributed by atoms with Gasteiger partial charge in [0, 0.05) is 29.1 Å². The molecule has 0 aliphatic carbocycles. The van der Waals surface area contributed by atoms with Crippen LogP contribution in [0.25, 0.3) is 4.96 Å². The molecular weight excluding hydrogens is 403 g/mol. The van der Waals surface area contributed by atoms with Crippen LogP contribution in [-0.4, -0.2) is 27.4 Å². The Balaban J connectivity index is 1.50. The SMILES string of the molecule is O=C(CSCc1cc(=O)n2ccsc2n1)Nc1ccc(OC(F)(F)F)cc1. The number of alkyl halides is 3. The maximum absolute atomic E-state index is 12.1. The molecule has 0 aliphatic heterocycles. The zero-order valence-electron chi connectivity index (χ0n) is 13.5. The highest BCUT2D eigenvalue weighted by Crippen LogP contribution is 2.24. The molecule has 1 aromatic carbocycles. The van der Waals surface area contributed by atoms with E-state index in [1.54, 1.807) is 11.6 Å². The molecule has 11 heteroatoms. The van der Waals surface area contributed by atoms with E-state index in [0.717, 1.165) is 12.1 Å². The average molecular weight is 415 g/mol. The molecule has 0 atom stereocenters. The molecule has 3 rings (SSSR count). The molecule has 0 unspecified atom stereocenters. The molecule has 2 heterocycles. The highest BCUT2D eigenvalue weighted by atomic mass is 32.2. The predicted molar refractivity (Wildman–Crippen MR) is 97.3 cm³/mol. The van der Waals surface area contributed by atoms with Crippen molar-refractivity contribution in [1.29, 1.82) is 0 Å². The van der Waals surface area contributed by atoms with Gasteiger partial charge in [-0.1, -0.05) is 0 Å². The number of ether oxygens (including phenoxy) is 1. The Kier molecular flexibility index (Phi) is 5.71. The Bertz CT molecular complexity index is 1000. The van der Waals surface area contributed by atoms with Crippen LogP contribution < -0.4 is 15.6 Å². The van der Waals surface area contributed by atoms with Gasteiger partial charge in [0.1, 0.15) is 5.75 Å². The lowest BCUT2D eigenvalue weighted by Gasteiger charge is -2.10. The zero-order chi connectivity index (χ0) is 19.4. The molecule has 0 aliphatic rings. The Morgan fingerprint density at radius 2 is 2.04 bits per heavy atom. The van der Waals surface area contributed by atoms with Crippen LogP contribution in [0.3, 0.4) is 0 Å². The van der Waals surface area contributed by atoms with E-state index in [-0.39, 0.29) is 23.0 Å². The second-order valence-corrected chi connectivity index (χ2v) is 7.11. The molecule has 0 spiro atoms. The lowest BCUT2D eigenvalue weighted by Crippen LogP contribution is -2.17. The predicted octanol–water partition coefficient (Wildman–Crippen LogP) is 3.53. The third-order valence-corrected chi connectivity index (χ3v) is 4.93. The lowest BCUT2D eigenvalue weighted by molar-refractivity contribution is -0.274. The first kappa shape index (κ1) is 19.2. The number of amides is 1. The minimum absolute atomic E-state index is 0.103. The summed E-state index contributed by atoms with van der Waals surface area (Å²) in [4.78, 5) is 28.7. The van der Waals surface area contributed by atoms with Crippen LogP contribution in [0.4, 0.5) is 18.9 Å². The smallest absolute Gasteiger partial charge is 0.406 e. The molecule has 2 aromatic heterocycles. The molecule has 0 saturated carbocycles. The molecule has 6 nitrogen and oxygen atoms in total. The van der Waals surface area contributed by atoms with E-state index in [0.29, 0.717) is 22.1 Å². The lowest BCUT2D eigenvalue weighted by atomic mass is 10.3. The summed E-state index contributed by atoms with van der Waals surface area (Å²) in [7, 11) is 0. The Morgan fingerprint density at radius 3 is 2.74 bits per heavy atom. The number of hydrogen-bond donors (Lipinski definition) is 1. The summed E-state index contributed by atoms with van der Waals surface area (Å²) < 4.78 is 41.5. The van der Waals surface area contributed by atoms with E-state index in [2.05, 4.69) is 15.0 Å². The number of nitrogens with zero attached hydrogens (tertiary/aromatic N) is 2. The second-order valence-electron chi connectivity index (χ2n) is 5.25. The zero-order valence-corrected chi connectivity index (χ0v) is 15.2. The van der Waals surface area contributed by atoms with Crippen molar-refractivity contribution in [2.45, 2.75) is 12.1 Å². The quantitative estimate of drug-likeness (QED) is 0.667. The molecule has 0 radical (unpaired) electrons. The summed E-state index contributed by atoms with van der Waals surface area (Å²) in [5.41, 5.74) is 0.753. The van der Waals surface area contributed by atoms with Crippen LogP contribution in [0.1, 0.15) is 5.69 Å². The van der Waals surface area contributed by atoms with Crippen molar-refractivity contribution in [2.24, 2.45) is 0 Å². The van der Waals surface area contributed by atoms with Crippen LogP contribution in [0.15, 0.2) is 46.7 Å². The fourth-order valence-electron chi connectivity index (χ4n) is 2.15. The van der Waals surface area contributed by atoms with Crippen LogP contribution in [0, 0.1) is 0 Å². The van der Waals surface area contributed by atoms with Gasteiger partial charge in [-0.3, -0.25) is 14.0 Å². The van der Waals surface area contributed by atoms with Crippen LogP contribution in [0.5, 0.6) is 5.75 Å². The van der Waals surface area contributed by atoms with E-state index in [4.69, 9.17) is 0 Å². The summed E-state index contributed by atoms with van der Waals surface area (Å²) >= 11 is 2.62. The van der Waals surface area contributed by atoms with Crippen molar-refractivity contribution in [3.63, 3.8) is 0 Å². The van der Waals surface area contributed by atoms with Crippen molar-refractivity contribution in [3.8, 4) is 5.75 Å². The molecular formula is C16H12F3N3O3S2. The highest BCUT2D eigenvalue weighted by molar-refractivity contribution is 7.99. The molecule has 27 heavy (non-hydrogen) atoms. The van der Waals surface area contributed by atoms with Gasteiger partial charge in [-0.2, -0.15) is 0 Å².